The third-order valence-corrected chi connectivity index (χ3v) is 5.17. The van der Waals surface area contributed by atoms with E-state index in [1.54, 1.807) is 6.08 Å². The van der Waals surface area contributed by atoms with Gasteiger partial charge in [0.1, 0.15) is 11.6 Å². The first kappa shape index (κ1) is 21.4. The van der Waals surface area contributed by atoms with Gasteiger partial charge in [-0.3, -0.25) is 4.79 Å². The highest BCUT2D eigenvalue weighted by atomic mass is 16.5. The Morgan fingerprint density at radius 1 is 0.906 bits per heavy atom. The van der Waals surface area contributed by atoms with Gasteiger partial charge in [-0.05, 0) is 48.7 Å². The molecule has 162 valence electrons. The van der Waals surface area contributed by atoms with E-state index >= 15 is 0 Å². The van der Waals surface area contributed by atoms with Crippen LogP contribution >= 0.6 is 0 Å². The number of unbranched alkanes of at least 4 members (excludes halogenated alkanes) is 1. The maximum Gasteiger partial charge on any atom is 0.244 e. The number of aryl methyl sites for hydroxylation is 1. The molecule has 1 N–H and O–H groups in total. The van der Waals surface area contributed by atoms with Crippen LogP contribution in [0.4, 0.5) is 0 Å². The highest BCUT2D eigenvalue weighted by Crippen LogP contribution is 2.17. The number of hydrogen-bond acceptors (Lipinski definition) is 3. The van der Waals surface area contributed by atoms with E-state index in [1.165, 1.54) is 0 Å². The second-order valence-corrected chi connectivity index (χ2v) is 7.50. The molecule has 0 saturated heterocycles. The first-order valence-corrected chi connectivity index (χ1v) is 10.9. The van der Waals surface area contributed by atoms with Crippen molar-refractivity contribution < 1.29 is 9.53 Å². The van der Waals surface area contributed by atoms with Gasteiger partial charge in [0, 0.05) is 12.6 Å². The van der Waals surface area contributed by atoms with Gasteiger partial charge in [-0.1, -0.05) is 60.7 Å². The summed E-state index contributed by atoms with van der Waals surface area (Å²) in [6.45, 7) is 1.88. The lowest BCUT2D eigenvalue weighted by Gasteiger charge is -2.10. The largest absolute Gasteiger partial charge is 0.494 e. The number of imidazole rings is 1. The minimum Gasteiger partial charge on any atom is -0.494 e. The maximum atomic E-state index is 12.3. The summed E-state index contributed by atoms with van der Waals surface area (Å²) in [5.74, 6) is 1.62. The number of para-hydroxylation sites is 3. The van der Waals surface area contributed by atoms with Crippen LogP contribution in [0.1, 0.15) is 24.2 Å². The quantitative estimate of drug-likeness (QED) is 0.280. The molecule has 0 unspecified atom stereocenters. The second kappa shape index (κ2) is 11.0. The van der Waals surface area contributed by atoms with E-state index in [4.69, 9.17) is 9.72 Å². The molecule has 0 aliphatic rings. The van der Waals surface area contributed by atoms with Gasteiger partial charge in [-0.25, -0.2) is 4.98 Å². The van der Waals surface area contributed by atoms with Crippen LogP contribution in [0.5, 0.6) is 5.75 Å². The van der Waals surface area contributed by atoms with E-state index in [-0.39, 0.29) is 5.91 Å². The van der Waals surface area contributed by atoms with Crippen molar-refractivity contribution in [1.29, 1.82) is 0 Å². The van der Waals surface area contributed by atoms with Gasteiger partial charge in [-0.2, -0.15) is 0 Å². The fraction of sp³-hybridized carbons (Fsp3) is 0.185. The fourth-order valence-electron chi connectivity index (χ4n) is 3.55. The van der Waals surface area contributed by atoms with E-state index < -0.39 is 0 Å². The van der Waals surface area contributed by atoms with Crippen LogP contribution in [-0.4, -0.2) is 22.1 Å². The third kappa shape index (κ3) is 5.85. The molecule has 0 bridgehead atoms. The summed E-state index contributed by atoms with van der Waals surface area (Å²) in [7, 11) is 0. The molecule has 3 aromatic carbocycles. The number of hydrogen-bond donors (Lipinski definition) is 1. The van der Waals surface area contributed by atoms with E-state index in [0.29, 0.717) is 13.2 Å². The van der Waals surface area contributed by atoms with Gasteiger partial charge in [-0.15, -0.1) is 0 Å². The molecule has 0 aliphatic heterocycles. The Kier molecular flexibility index (Phi) is 7.32. The van der Waals surface area contributed by atoms with Crippen LogP contribution in [0, 0.1) is 0 Å². The average Bonchev–Trinajstić information content (AvgIpc) is 3.20. The van der Waals surface area contributed by atoms with Crippen LogP contribution in [0.3, 0.4) is 0 Å². The first-order chi connectivity index (χ1) is 15.8. The lowest BCUT2D eigenvalue weighted by Crippen LogP contribution is -2.22. The topological polar surface area (TPSA) is 56.2 Å². The van der Waals surface area contributed by atoms with Gasteiger partial charge in [0.05, 0.1) is 24.2 Å². The summed E-state index contributed by atoms with van der Waals surface area (Å²) < 4.78 is 7.99. The van der Waals surface area contributed by atoms with Crippen molar-refractivity contribution >= 4 is 23.0 Å². The molecule has 1 aromatic heterocycles. The van der Waals surface area contributed by atoms with E-state index in [2.05, 4.69) is 16.0 Å². The second-order valence-electron chi connectivity index (χ2n) is 7.50. The molecule has 5 nitrogen and oxygen atoms in total. The minimum atomic E-state index is -0.135. The molecule has 32 heavy (non-hydrogen) atoms. The first-order valence-electron chi connectivity index (χ1n) is 10.9. The molecule has 4 rings (SSSR count). The predicted octanol–water partition coefficient (Wildman–Crippen LogP) is 5.23. The molecule has 0 saturated carbocycles. The molecule has 4 aromatic rings. The zero-order chi connectivity index (χ0) is 22.0. The molecule has 1 heterocycles. The number of nitrogens with one attached hydrogen (secondary N) is 1. The highest BCUT2D eigenvalue weighted by Gasteiger charge is 2.11. The van der Waals surface area contributed by atoms with Gasteiger partial charge < -0.3 is 14.6 Å². The smallest absolute Gasteiger partial charge is 0.244 e. The Hall–Kier alpha value is -3.86. The van der Waals surface area contributed by atoms with E-state index in [9.17, 15) is 4.79 Å². The lowest BCUT2D eigenvalue weighted by molar-refractivity contribution is -0.116. The Morgan fingerprint density at radius 3 is 2.44 bits per heavy atom. The molecular formula is C27H27N3O2. The standard InChI is InChI=1S/C27H27N3O2/c31-27(18-17-22-11-3-1-4-12-22)28-21-26-29-24-15-7-8-16-25(24)30(26)19-9-10-20-32-23-13-5-2-6-14-23/h1-8,11-18H,9-10,19-21H2,(H,28,31)/b18-17-. The number of carbonyl (C=O) groups is 1. The third-order valence-electron chi connectivity index (χ3n) is 5.17. The molecule has 0 fully saturated rings. The summed E-state index contributed by atoms with van der Waals surface area (Å²) in [5.41, 5.74) is 3.02. The molecule has 5 heteroatoms. The van der Waals surface area contributed by atoms with E-state index in [1.807, 2.05) is 84.9 Å². The number of rotatable bonds is 10. The molecule has 0 radical (unpaired) electrons. The number of ether oxygens (including phenoxy) is 1. The summed E-state index contributed by atoms with van der Waals surface area (Å²) in [5, 5.41) is 2.96. The van der Waals surface area contributed by atoms with Gasteiger partial charge in [0.15, 0.2) is 0 Å². The molecular weight excluding hydrogens is 398 g/mol. The highest BCUT2D eigenvalue weighted by molar-refractivity contribution is 5.91. The van der Waals surface area contributed by atoms with Gasteiger partial charge in [0.2, 0.25) is 5.91 Å². The monoisotopic (exact) mass is 425 g/mol. The SMILES string of the molecule is O=C(/C=C\c1ccccc1)NCc1nc2ccccc2n1CCCCOc1ccccc1. The molecule has 0 aliphatic carbocycles. The average molecular weight is 426 g/mol. The van der Waals surface area contributed by atoms with Crippen molar-refractivity contribution in [3.8, 4) is 5.75 Å². The number of aromatic nitrogens is 2. The van der Waals surface area contributed by atoms with E-state index in [0.717, 1.165) is 47.6 Å². The Morgan fingerprint density at radius 2 is 1.62 bits per heavy atom. The van der Waals surface area contributed by atoms with Crippen LogP contribution < -0.4 is 10.1 Å². The molecule has 1 amide bonds. The van der Waals surface area contributed by atoms with Crippen molar-refractivity contribution in [2.75, 3.05) is 6.61 Å². The van der Waals surface area contributed by atoms with Crippen LogP contribution in [0.2, 0.25) is 0 Å². The van der Waals surface area contributed by atoms with Gasteiger partial charge in [0.25, 0.3) is 0 Å². The zero-order valence-corrected chi connectivity index (χ0v) is 18.0. The fourth-order valence-corrected chi connectivity index (χ4v) is 3.55. The number of nitrogens with zero attached hydrogens (tertiary/aromatic N) is 2. The minimum absolute atomic E-state index is 0.135. The normalized spacial score (nSPS) is 11.1. The summed E-state index contributed by atoms with van der Waals surface area (Å²) in [6.07, 6.45) is 5.27. The van der Waals surface area contributed by atoms with Gasteiger partial charge >= 0.3 is 0 Å². The van der Waals surface area contributed by atoms with Crippen molar-refractivity contribution in [2.45, 2.75) is 25.9 Å². The summed E-state index contributed by atoms with van der Waals surface area (Å²) in [6, 6.07) is 27.7. The lowest BCUT2D eigenvalue weighted by atomic mass is 10.2. The number of fused-ring (bicyclic) bond motifs is 1. The van der Waals surface area contributed by atoms with Crippen LogP contribution in [0.25, 0.3) is 17.1 Å². The maximum absolute atomic E-state index is 12.3. The van der Waals surface area contributed by atoms with Crippen LogP contribution in [-0.2, 0) is 17.9 Å². The van der Waals surface area contributed by atoms with Crippen molar-refractivity contribution in [2.24, 2.45) is 0 Å². The van der Waals surface area contributed by atoms with Crippen LogP contribution in [0.15, 0.2) is 91.0 Å². The summed E-state index contributed by atoms with van der Waals surface area (Å²) in [4.78, 5) is 17.0. The zero-order valence-electron chi connectivity index (χ0n) is 18.0. The Balaban J connectivity index is 1.34. The predicted molar refractivity (Wildman–Crippen MR) is 128 cm³/mol. The number of carbonyl (C=O) groups excluding carboxylic acids is 1. The molecule has 0 spiro atoms. The summed E-state index contributed by atoms with van der Waals surface area (Å²) >= 11 is 0. The Bertz CT molecular complexity index is 1170. The van der Waals surface area contributed by atoms with Crippen molar-refractivity contribution in [3.63, 3.8) is 0 Å². The number of amides is 1. The van der Waals surface area contributed by atoms with Crippen molar-refractivity contribution in [3.05, 3.63) is 102 Å². The Labute approximate surface area is 188 Å². The molecule has 0 atom stereocenters. The van der Waals surface area contributed by atoms with Crippen molar-refractivity contribution in [1.82, 2.24) is 14.9 Å². The number of benzene rings is 3.